The summed E-state index contributed by atoms with van der Waals surface area (Å²) >= 11 is 5.84. The van der Waals surface area contributed by atoms with E-state index >= 15 is 0 Å². The highest BCUT2D eigenvalue weighted by Gasteiger charge is 1.97. The Kier molecular flexibility index (Phi) is 2.89. The number of pyridine rings is 1. The first kappa shape index (κ1) is 8.54. The van der Waals surface area contributed by atoms with Crippen molar-refractivity contribution in [1.82, 2.24) is 4.98 Å². The highest BCUT2D eigenvalue weighted by molar-refractivity contribution is 6.30. The fourth-order valence-electron chi connectivity index (χ4n) is 0.937. The standard InChI is InChI=1S/C9H12ClN/c1-3-4-8-6-5-7(2)9(10)11-8/h5-6H,3-4H2,1-2H3. The summed E-state index contributed by atoms with van der Waals surface area (Å²) in [7, 11) is 0. The summed E-state index contributed by atoms with van der Waals surface area (Å²) in [6.07, 6.45) is 2.13. The molecule has 0 spiro atoms. The minimum absolute atomic E-state index is 0.635. The maximum absolute atomic E-state index is 5.84. The van der Waals surface area contributed by atoms with E-state index in [1.54, 1.807) is 0 Å². The van der Waals surface area contributed by atoms with Crippen LogP contribution in [0.15, 0.2) is 12.1 Å². The Labute approximate surface area is 72.4 Å². The number of rotatable bonds is 2. The van der Waals surface area contributed by atoms with E-state index in [9.17, 15) is 0 Å². The van der Waals surface area contributed by atoms with Crippen molar-refractivity contribution < 1.29 is 0 Å². The molecule has 0 radical (unpaired) electrons. The van der Waals surface area contributed by atoms with Crippen LogP contribution in [0.2, 0.25) is 5.15 Å². The van der Waals surface area contributed by atoms with Gasteiger partial charge in [0.15, 0.2) is 0 Å². The third kappa shape index (κ3) is 2.19. The van der Waals surface area contributed by atoms with Gasteiger partial charge in [0.05, 0.1) is 0 Å². The van der Waals surface area contributed by atoms with Crippen LogP contribution in [0.25, 0.3) is 0 Å². The summed E-state index contributed by atoms with van der Waals surface area (Å²) in [4.78, 5) is 4.23. The van der Waals surface area contributed by atoms with Crippen molar-refractivity contribution in [1.29, 1.82) is 0 Å². The Morgan fingerprint density at radius 3 is 2.73 bits per heavy atom. The number of aromatic nitrogens is 1. The molecule has 11 heavy (non-hydrogen) atoms. The van der Waals surface area contributed by atoms with Gasteiger partial charge in [0, 0.05) is 5.69 Å². The molecule has 0 atom stereocenters. The maximum Gasteiger partial charge on any atom is 0.132 e. The first-order chi connectivity index (χ1) is 5.24. The van der Waals surface area contributed by atoms with Gasteiger partial charge in [-0.05, 0) is 25.0 Å². The molecule has 1 rings (SSSR count). The average molecular weight is 170 g/mol. The van der Waals surface area contributed by atoms with Crippen LogP contribution < -0.4 is 0 Å². The van der Waals surface area contributed by atoms with E-state index < -0.39 is 0 Å². The minimum atomic E-state index is 0.635. The molecule has 1 aromatic heterocycles. The Balaban J connectivity index is 2.86. The molecule has 0 saturated carbocycles. The molecular formula is C9H12ClN. The summed E-state index contributed by atoms with van der Waals surface area (Å²) in [6, 6.07) is 4.05. The highest BCUT2D eigenvalue weighted by Crippen LogP contribution is 2.12. The fraction of sp³-hybridized carbons (Fsp3) is 0.444. The molecule has 0 aliphatic carbocycles. The second-order valence-electron chi connectivity index (χ2n) is 2.66. The molecule has 0 unspecified atom stereocenters. The molecular weight excluding hydrogens is 158 g/mol. The molecule has 0 bridgehead atoms. The summed E-state index contributed by atoms with van der Waals surface area (Å²) in [5.41, 5.74) is 2.13. The Hall–Kier alpha value is -0.560. The van der Waals surface area contributed by atoms with Gasteiger partial charge >= 0.3 is 0 Å². The van der Waals surface area contributed by atoms with Crippen LogP contribution in [0.1, 0.15) is 24.6 Å². The molecule has 60 valence electrons. The van der Waals surface area contributed by atoms with Crippen molar-refractivity contribution in [2.45, 2.75) is 26.7 Å². The van der Waals surface area contributed by atoms with Crippen LogP contribution in [-0.2, 0) is 6.42 Å². The van der Waals surface area contributed by atoms with Gasteiger partial charge in [-0.2, -0.15) is 0 Å². The molecule has 0 fully saturated rings. The Morgan fingerprint density at radius 2 is 2.18 bits per heavy atom. The van der Waals surface area contributed by atoms with Crippen LogP contribution in [-0.4, -0.2) is 4.98 Å². The van der Waals surface area contributed by atoms with Crippen LogP contribution in [0.4, 0.5) is 0 Å². The zero-order valence-electron chi connectivity index (χ0n) is 6.89. The van der Waals surface area contributed by atoms with Gasteiger partial charge in [-0.25, -0.2) is 4.98 Å². The van der Waals surface area contributed by atoms with E-state index in [-0.39, 0.29) is 0 Å². The van der Waals surface area contributed by atoms with E-state index in [0.717, 1.165) is 24.1 Å². The quantitative estimate of drug-likeness (QED) is 0.621. The summed E-state index contributed by atoms with van der Waals surface area (Å²) in [5, 5.41) is 0.635. The number of halogens is 1. The summed E-state index contributed by atoms with van der Waals surface area (Å²) in [5.74, 6) is 0. The Bertz CT molecular complexity index is 245. The van der Waals surface area contributed by atoms with Crippen molar-refractivity contribution in [3.8, 4) is 0 Å². The van der Waals surface area contributed by atoms with Gasteiger partial charge in [-0.15, -0.1) is 0 Å². The van der Waals surface area contributed by atoms with Crippen molar-refractivity contribution in [2.75, 3.05) is 0 Å². The first-order valence-corrected chi connectivity index (χ1v) is 4.24. The van der Waals surface area contributed by atoms with E-state index in [4.69, 9.17) is 11.6 Å². The molecule has 1 aromatic rings. The largest absolute Gasteiger partial charge is 0.241 e. The van der Waals surface area contributed by atoms with Crippen LogP contribution >= 0.6 is 11.6 Å². The van der Waals surface area contributed by atoms with Gasteiger partial charge in [0.1, 0.15) is 5.15 Å². The fourth-order valence-corrected chi connectivity index (χ4v) is 1.11. The predicted molar refractivity (Wildman–Crippen MR) is 48.0 cm³/mol. The maximum atomic E-state index is 5.84. The highest BCUT2D eigenvalue weighted by atomic mass is 35.5. The number of hydrogen-bond donors (Lipinski definition) is 0. The molecule has 1 heterocycles. The van der Waals surface area contributed by atoms with E-state index in [0.29, 0.717) is 5.15 Å². The number of hydrogen-bond acceptors (Lipinski definition) is 1. The van der Waals surface area contributed by atoms with Crippen molar-refractivity contribution >= 4 is 11.6 Å². The second-order valence-corrected chi connectivity index (χ2v) is 3.02. The third-order valence-electron chi connectivity index (χ3n) is 1.60. The second kappa shape index (κ2) is 3.72. The van der Waals surface area contributed by atoms with Gasteiger partial charge in [-0.3, -0.25) is 0 Å². The van der Waals surface area contributed by atoms with Crippen LogP contribution in [0, 0.1) is 6.92 Å². The van der Waals surface area contributed by atoms with Crippen molar-refractivity contribution in [3.05, 3.63) is 28.5 Å². The molecule has 1 nitrogen and oxygen atoms in total. The topological polar surface area (TPSA) is 12.9 Å². The zero-order valence-corrected chi connectivity index (χ0v) is 7.65. The lowest BCUT2D eigenvalue weighted by Gasteiger charge is -2.00. The predicted octanol–water partition coefficient (Wildman–Crippen LogP) is 3.00. The monoisotopic (exact) mass is 169 g/mol. The minimum Gasteiger partial charge on any atom is -0.241 e. The third-order valence-corrected chi connectivity index (χ3v) is 1.98. The molecule has 0 aliphatic heterocycles. The normalized spacial score (nSPS) is 10.1. The average Bonchev–Trinajstić information content (AvgIpc) is 1.98. The first-order valence-electron chi connectivity index (χ1n) is 3.86. The van der Waals surface area contributed by atoms with E-state index in [1.807, 2.05) is 19.1 Å². The summed E-state index contributed by atoms with van der Waals surface area (Å²) < 4.78 is 0. The smallest absolute Gasteiger partial charge is 0.132 e. The van der Waals surface area contributed by atoms with Gasteiger partial charge in [-0.1, -0.05) is 31.0 Å². The Morgan fingerprint density at radius 1 is 1.45 bits per heavy atom. The van der Waals surface area contributed by atoms with Crippen LogP contribution in [0.3, 0.4) is 0 Å². The zero-order chi connectivity index (χ0) is 8.27. The molecule has 0 aromatic carbocycles. The molecule has 0 saturated heterocycles. The summed E-state index contributed by atoms with van der Waals surface area (Å²) in [6.45, 7) is 4.10. The SMILES string of the molecule is CCCc1ccc(C)c(Cl)n1. The van der Waals surface area contributed by atoms with E-state index in [2.05, 4.69) is 11.9 Å². The molecule has 0 N–H and O–H groups in total. The molecule has 0 aliphatic rings. The van der Waals surface area contributed by atoms with E-state index in [1.165, 1.54) is 0 Å². The van der Waals surface area contributed by atoms with Crippen LogP contribution in [0.5, 0.6) is 0 Å². The van der Waals surface area contributed by atoms with Crippen molar-refractivity contribution in [3.63, 3.8) is 0 Å². The molecule has 2 heteroatoms. The van der Waals surface area contributed by atoms with Gasteiger partial charge < -0.3 is 0 Å². The lowest BCUT2D eigenvalue weighted by Crippen LogP contribution is -1.90. The number of aryl methyl sites for hydroxylation is 2. The van der Waals surface area contributed by atoms with Gasteiger partial charge in [0.2, 0.25) is 0 Å². The molecule has 0 amide bonds. The number of nitrogens with zero attached hydrogens (tertiary/aromatic N) is 1. The van der Waals surface area contributed by atoms with Gasteiger partial charge in [0.25, 0.3) is 0 Å². The lowest BCUT2D eigenvalue weighted by molar-refractivity contribution is 0.881. The van der Waals surface area contributed by atoms with Crippen molar-refractivity contribution in [2.24, 2.45) is 0 Å². The lowest BCUT2D eigenvalue weighted by atomic mass is 10.2.